The Bertz CT molecular complexity index is 482. The summed E-state index contributed by atoms with van der Waals surface area (Å²) in [6.07, 6.45) is 0. The van der Waals surface area contributed by atoms with Crippen molar-refractivity contribution >= 4 is 22.6 Å². The zero-order valence-electron chi connectivity index (χ0n) is 12.2. The molecule has 1 rings (SSSR count). The molecule has 0 saturated carbocycles. The first kappa shape index (κ1) is 19.3. The van der Waals surface area contributed by atoms with Gasteiger partial charge in [-0.1, -0.05) is 37.3 Å². The standard InChI is InChI=1S/C13H23N3O2S.ClH/c1-4-16(11-13-8-6-5-7-9-13)19(17,18)15(3)12(2)10-14;/h5-9,12H,4,10-11,14H2,1-3H3;1H. The third kappa shape index (κ3) is 4.71. The number of halogens is 1. The van der Waals surface area contributed by atoms with Gasteiger partial charge in [0.2, 0.25) is 0 Å². The van der Waals surface area contributed by atoms with Crippen LogP contribution in [0.4, 0.5) is 0 Å². The monoisotopic (exact) mass is 321 g/mol. The van der Waals surface area contributed by atoms with Crippen molar-refractivity contribution in [3.05, 3.63) is 35.9 Å². The lowest BCUT2D eigenvalue weighted by atomic mass is 10.2. The van der Waals surface area contributed by atoms with Gasteiger partial charge in [-0.15, -0.1) is 12.4 Å². The number of benzene rings is 1. The van der Waals surface area contributed by atoms with E-state index in [0.29, 0.717) is 19.6 Å². The fourth-order valence-electron chi connectivity index (χ4n) is 1.70. The number of nitrogens with two attached hydrogens (primary N) is 1. The number of hydrogen-bond donors (Lipinski definition) is 1. The topological polar surface area (TPSA) is 66.6 Å². The summed E-state index contributed by atoms with van der Waals surface area (Å²) in [6, 6.07) is 9.35. The van der Waals surface area contributed by atoms with E-state index < -0.39 is 10.2 Å². The fraction of sp³-hybridized carbons (Fsp3) is 0.538. The van der Waals surface area contributed by atoms with Crippen LogP contribution in [-0.2, 0) is 16.8 Å². The smallest absolute Gasteiger partial charge is 0.282 e. The lowest BCUT2D eigenvalue weighted by molar-refractivity contribution is 0.330. The van der Waals surface area contributed by atoms with Crippen LogP contribution in [0.25, 0.3) is 0 Å². The van der Waals surface area contributed by atoms with Crippen LogP contribution in [0, 0.1) is 0 Å². The minimum atomic E-state index is -3.47. The van der Waals surface area contributed by atoms with Gasteiger partial charge in [0.1, 0.15) is 0 Å². The number of hydrogen-bond acceptors (Lipinski definition) is 3. The van der Waals surface area contributed by atoms with Crippen LogP contribution in [0.3, 0.4) is 0 Å². The molecule has 20 heavy (non-hydrogen) atoms. The minimum absolute atomic E-state index is 0. The van der Waals surface area contributed by atoms with Gasteiger partial charge in [-0.3, -0.25) is 0 Å². The number of nitrogens with zero attached hydrogens (tertiary/aromatic N) is 2. The Morgan fingerprint density at radius 2 is 1.80 bits per heavy atom. The van der Waals surface area contributed by atoms with Crippen molar-refractivity contribution in [3.63, 3.8) is 0 Å². The van der Waals surface area contributed by atoms with E-state index in [2.05, 4.69) is 0 Å². The molecule has 0 aliphatic heterocycles. The molecule has 0 saturated heterocycles. The average molecular weight is 322 g/mol. The van der Waals surface area contributed by atoms with Crippen LogP contribution in [0.2, 0.25) is 0 Å². The average Bonchev–Trinajstić information content (AvgIpc) is 2.43. The van der Waals surface area contributed by atoms with Crippen LogP contribution in [0.1, 0.15) is 19.4 Å². The van der Waals surface area contributed by atoms with Crippen molar-refractivity contribution in [2.24, 2.45) is 5.73 Å². The first-order valence-corrected chi connectivity index (χ1v) is 7.80. The quantitative estimate of drug-likeness (QED) is 0.826. The maximum absolute atomic E-state index is 12.5. The summed E-state index contributed by atoms with van der Waals surface area (Å²) in [7, 11) is -1.90. The van der Waals surface area contributed by atoms with E-state index in [9.17, 15) is 8.42 Å². The van der Waals surface area contributed by atoms with E-state index in [-0.39, 0.29) is 18.4 Å². The largest absolute Gasteiger partial charge is 0.329 e. The maximum Gasteiger partial charge on any atom is 0.282 e. The second kappa shape index (κ2) is 8.59. The van der Waals surface area contributed by atoms with Gasteiger partial charge in [-0.2, -0.15) is 17.0 Å². The molecule has 0 heterocycles. The number of likely N-dealkylation sites (N-methyl/N-ethyl adjacent to an activating group) is 1. The van der Waals surface area contributed by atoms with Crippen LogP contribution in [0.15, 0.2) is 30.3 Å². The van der Waals surface area contributed by atoms with E-state index in [4.69, 9.17) is 5.73 Å². The van der Waals surface area contributed by atoms with E-state index >= 15 is 0 Å². The van der Waals surface area contributed by atoms with E-state index in [1.807, 2.05) is 37.3 Å². The van der Waals surface area contributed by atoms with Gasteiger partial charge in [0.05, 0.1) is 0 Å². The molecule has 0 bridgehead atoms. The highest BCUT2D eigenvalue weighted by Crippen LogP contribution is 2.13. The van der Waals surface area contributed by atoms with Crippen LogP contribution in [-0.4, -0.2) is 43.2 Å². The lowest BCUT2D eigenvalue weighted by Crippen LogP contribution is -2.47. The van der Waals surface area contributed by atoms with E-state index in [0.717, 1.165) is 5.56 Å². The van der Waals surface area contributed by atoms with Crippen molar-refractivity contribution in [2.45, 2.75) is 26.4 Å². The molecule has 1 aromatic rings. The van der Waals surface area contributed by atoms with Crippen molar-refractivity contribution in [1.82, 2.24) is 8.61 Å². The molecule has 0 amide bonds. The summed E-state index contributed by atoms with van der Waals surface area (Å²) in [5, 5.41) is 0. The molecule has 0 aliphatic rings. The first-order valence-electron chi connectivity index (χ1n) is 6.40. The van der Waals surface area contributed by atoms with Crippen LogP contribution >= 0.6 is 12.4 Å². The van der Waals surface area contributed by atoms with E-state index in [1.54, 1.807) is 14.0 Å². The van der Waals surface area contributed by atoms with Gasteiger partial charge in [0, 0.05) is 32.7 Å². The van der Waals surface area contributed by atoms with Gasteiger partial charge < -0.3 is 5.73 Å². The molecule has 0 fully saturated rings. The molecule has 0 aliphatic carbocycles. The third-order valence-electron chi connectivity index (χ3n) is 3.21. The van der Waals surface area contributed by atoms with E-state index in [1.165, 1.54) is 8.61 Å². The number of rotatable bonds is 7. The Labute approximate surface area is 128 Å². The Kier molecular flexibility index (Phi) is 8.30. The molecular weight excluding hydrogens is 298 g/mol. The molecule has 0 spiro atoms. The highest BCUT2D eigenvalue weighted by Gasteiger charge is 2.28. The molecule has 2 N–H and O–H groups in total. The molecule has 0 radical (unpaired) electrons. The Hall–Kier alpha value is -0.660. The zero-order valence-corrected chi connectivity index (χ0v) is 13.8. The van der Waals surface area contributed by atoms with Crippen LogP contribution in [0.5, 0.6) is 0 Å². The third-order valence-corrected chi connectivity index (χ3v) is 5.33. The fourth-order valence-corrected chi connectivity index (χ4v) is 3.25. The molecule has 7 heteroatoms. The summed E-state index contributed by atoms with van der Waals surface area (Å²) in [4.78, 5) is 0. The molecule has 0 aromatic heterocycles. The highest BCUT2D eigenvalue weighted by molar-refractivity contribution is 7.86. The normalized spacial score (nSPS) is 13.3. The first-order chi connectivity index (χ1) is 8.93. The van der Waals surface area contributed by atoms with Crippen molar-refractivity contribution < 1.29 is 8.42 Å². The summed E-state index contributed by atoms with van der Waals surface area (Å²) in [5.74, 6) is 0. The highest BCUT2D eigenvalue weighted by atomic mass is 35.5. The van der Waals surface area contributed by atoms with Gasteiger partial charge in [0.15, 0.2) is 0 Å². The van der Waals surface area contributed by atoms with Gasteiger partial charge in [-0.25, -0.2) is 0 Å². The van der Waals surface area contributed by atoms with Crippen molar-refractivity contribution in [1.29, 1.82) is 0 Å². The maximum atomic E-state index is 12.5. The second-order valence-corrected chi connectivity index (χ2v) is 6.51. The van der Waals surface area contributed by atoms with Crippen molar-refractivity contribution in [3.8, 4) is 0 Å². The van der Waals surface area contributed by atoms with Gasteiger partial charge >= 0.3 is 0 Å². The van der Waals surface area contributed by atoms with Gasteiger partial charge in [0.25, 0.3) is 10.2 Å². The minimum Gasteiger partial charge on any atom is -0.329 e. The lowest BCUT2D eigenvalue weighted by Gasteiger charge is -2.30. The Morgan fingerprint density at radius 3 is 2.25 bits per heavy atom. The molecule has 116 valence electrons. The Balaban J connectivity index is 0.00000361. The summed E-state index contributed by atoms with van der Waals surface area (Å²) >= 11 is 0. The summed E-state index contributed by atoms with van der Waals surface area (Å²) in [5.41, 5.74) is 6.51. The zero-order chi connectivity index (χ0) is 14.5. The molecule has 1 unspecified atom stereocenters. The predicted octanol–water partition coefficient (Wildman–Crippen LogP) is 1.45. The Morgan fingerprint density at radius 1 is 1.25 bits per heavy atom. The molecule has 1 aromatic carbocycles. The second-order valence-electron chi connectivity index (χ2n) is 4.52. The molecular formula is C13H24ClN3O2S. The summed E-state index contributed by atoms with van der Waals surface area (Å²) < 4.78 is 27.7. The predicted molar refractivity (Wildman–Crippen MR) is 85.0 cm³/mol. The SMILES string of the molecule is CCN(Cc1ccccc1)S(=O)(=O)N(C)C(C)CN.Cl. The summed E-state index contributed by atoms with van der Waals surface area (Å²) in [6.45, 7) is 4.74. The van der Waals surface area contributed by atoms with Crippen LogP contribution < -0.4 is 5.73 Å². The molecule has 1 atom stereocenters. The molecule has 5 nitrogen and oxygen atoms in total. The van der Waals surface area contributed by atoms with Gasteiger partial charge in [-0.05, 0) is 12.5 Å². The van der Waals surface area contributed by atoms with Crippen molar-refractivity contribution in [2.75, 3.05) is 20.1 Å².